The van der Waals surface area contributed by atoms with Gasteiger partial charge in [-0.05, 0) is 25.5 Å². The molecule has 2 rings (SSSR count). The summed E-state index contributed by atoms with van der Waals surface area (Å²) >= 11 is 0. The molecule has 2 aromatic heterocycles. The molecule has 0 fully saturated rings. The number of aryl methyl sites for hydroxylation is 1. The Kier molecular flexibility index (Phi) is 8.29. The number of anilines is 1. The van der Waals surface area contributed by atoms with Crippen LogP contribution in [0.3, 0.4) is 0 Å². The van der Waals surface area contributed by atoms with E-state index in [-0.39, 0.29) is 12.5 Å². The van der Waals surface area contributed by atoms with Crippen LogP contribution in [-0.2, 0) is 9.59 Å². The molecule has 150 valence electrons. The molecule has 2 heterocycles. The molecule has 0 aliphatic heterocycles. The van der Waals surface area contributed by atoms with E-state index < -0.39 is 5.92 Å². The highest BCUT2D eigenvalue weighted by Crippen LogP contribution is 2.17. The average molecular weight is 386 g/mol. The van der Waals surface area contributed by atoms with Crippen LogP contribution in [0.4, 0.5) is 5.82 Å². The number of nitrogens with zero attached hydrogens (tertiary/aromatic N) is 4. The van der Waals surface area contributed by atoms with Gasteiger partial charge in [0.2, 0.25) is 12.3 Å². The molecule has 0 bridgehead atoms. The lowest BCUT2D eigenvalue weighted by Crippen LogP contribution is -2.40. The minimum Gasteiger partial charge on any atom is -0.286 e. The van der Waals surface area contributed by atoms with Gasteiger partial charge in [-0.15, -0.1) is 0 Å². The Balaban J connectivity index is 2.04. The first-order valence-electron chi connectivity index (χ1n) is 9.27. The minimum absolute atomic E-state index is 0.0668. The number of carbonyl (C=O) groups is 2. The van der Waals surface area contributed by atoms with Gasteiger partial charge in [0.25, 0.3) is 0 Å². The van der Waals surface area contributed by atoms with Crippen molar-refractivity contribution >= 4 is 18.1 Å². The zero-order valence-electron chi connectivity index (χ0n) is 16.1. The molecule has 0 radical (unpaired) electrons. The van der Waals surface area contributed by atoms with E-state index in [1.165, 1.54) is 0 Å². The van der Waals surface area contributed by atoms with E-state index in [4.69, 9.17) is 0 Å². The summed E-state index contributed by atoms with van der Waals surface area (Å²) in [7, 11) is 0. The number of hydrogen-bond donors (Lipinski definition) is 3. The number of pyridine rings is 1. The monoisotopic (exact) mass is 386 g/mol. The summed E-state index contributed by atoms with van der Waals surface area (Å²) in [6.07, 6.45) is 5.35. The summed E-state index contributed by atoms with van der Waals surface area (Å²) in [6.45, 7) is 3.75. The molecule has 0 saturated carbocycles. The molecule has 28 heavy (non-hydrogen) atoms. The molecule has 0 spiro atoms. The quantitative estimate of drug-likeness (QED) is 0.235. The predicted molar refractivity (Wildman–Crippen MR) is 104 cm³/mol. The third-order valence-corrected chi connectivity index (χ3v) is 4.14. The summed E-state index contributed by atoms with van der Waals surface area (Å²) in [5.41, 5.74) is 6.73. The summed E-state index contributed by atoms with van der Waals surface area (Å²) < 4.78 is 0. The largest absolute Gasteiger partial charge is 0.286 e. The Bertz CT molecular complexity index is 772. The number of hydrogen-bond acceptors (Lipinski definition) is 7. The minimum atomic E-state index is -0.535. The van der Waals surface area contributed by atoms with Crippen molar-refractivity contribution in [2.24, 2.45) is 5.92 Å². The van der Waals surface area contributed by atoms with Crippen LogP contribution in [0.1, 0.15) is 38.4 Å². The lowest BCUT2D eigenvalue weighted by atomic mass is 10.0. The van der Waals surface area contributed by atoms with Gasteiger partial charge < -0.3 is 0 Å². The lowest BCUT2D eigenvalue weighted by molar-refractivity contribution is -0.154. The number of hydrazine groups is 1. The van der Waals surface area contributed by atoms with E-state index in [0.29, 0.717) is 40.9 Å². The van der Waals surface area contributed by atoms with E-state index >= 15 is 0 Å². The number of rotatable bonds is 11. The van der Waals surface area contributed by atoms with Gasteiger partial charge in [0.05, 0.1) is 23.9 Å². The maximum Gasteiger partial charge on any atom is 0.243 e. The normalized spacial score (nSPS) is 11.5. The predicted octanol–water partition coefficient (Wildman–Crippen LogP) is 2.33. The number of hydroxylamine groups is 2. The molecule has 3 N–H and O–H groups in total. The number of unbranched alkanes of at least 4 members (excludes halogenated alkanes) is 2. The molecule has 2 amide bonds. The van der Waals surface area contributed by atoms with Gasteiger partial charge in [0.15, 0.2) is 0 Å². The molecule has 9 nitrogen and oxygen atoms in total. The molecule has 0 saturated heterocycles. The lowest BCUT2D eigenvalue weighted by Gasteiger charge is -2.20. The van der Waals surface area contributed by atoms with Crippen molar-refractivity contribution in [3.8, 4) is 11.4 Å². The second-order valence-corrected chi connectivity index (χ2v) is 6.44. The second kappa shape index (κ2) is 10.9. The third kappa shape index (κ3) is 6.58. The molecule has 0 aromatic carbocycles. The van der Waals surface area contributed by atoms with Crippen LogP contribution < -0.4 is 10.9 Å². The molecular formula is C19H26N6O3. The van der Waals surface area contributed by atoms with Crippen LogP contribution in [0.15, 0.2) is 30.5 Å². The van der Waals surface area contributed by atoms with Gasteiger partial charge in [0, 0.05) is 12.3 Å². The first-order valence-corrected chi connectivity index (χ1v) is 9.27. The van der Waals surface area contributed by atoms with Crippen molar-refractivity contribution in [3.05, 3.63) is 36.3 Å². The Morgan fingerprint density at radius 2 is 2.11 bits per heavy atom. The van der Waals surface area contributed by atoms with Crippen LogP contribution >= 0.6 is 0 Å². The van der Waals surface area contributed by atoms with Crippen molar-refractivity contribution in [3.63, 3.8) is 0 Å². The van der Waals surface area contributed by atoms with Crippen molar-refractivity contribution in [2.45, 2.75) is 39.5 Å². The molecule has 2 aromatic rings. The summed E-state index contributed by atoms with van der Waals surface area (Å²) in [6, 6.07) is 7.21. The van der Waals surface area contributed by atoms with E-state index in [9.17, 15) is 14.8 Å². The van der Waals surface area contributed by atoms with Gasteiger partial charge in [-0.25, -0.2) is 15.0 Å². The highest BCUT2D eigenvalue weighted by atomic mass is 16.5. The number of amides is 2. The summed E-state index contributed by atoms with van der Waals surface area (Å²) in [4.78, 5) is 36.1. The topological polar surface area (TPSA) is 120 Å². The second-order valence-electron chi connectivity index (χ2n) is 6.44. The zero-order chi connectivity index (χ0) is 20.4. The standard InChI is InChI=1S/C19H26N6O3/c1-3-4-5-8-15(12-25(28)13-26)19(27)24-23-18-11-17(21-14(2)22-18)16-9-6-7-10-20-16/h6-7,9-11,13,15,28H,3-5,8,12H2,1-2H3,(H,24,27)(H,21,22,23)/t15-/m1/s1. The molecular weight excluding hydrogens is 360 g/mol. The van der Waals surface area contributed by atoms with Crippen LogP contribution in [0.2, 0.25) is 0 Å². The highest BCUT2D eigenvalue weighted by molar-refractivity contribution is 5.80. The highest BCUT2D eigenvalue weighted by Gasteiger charge is 2.20. The van der Waals surface area contributed by atoms with Gasteiger partial charge in [-0.3, -0.25) is 30.6 Å². The maximum atomic E-state index is 12.5. The Hall–Kier alpha value is -3.07. The smallest absolute Gasteiger partial charge is 0.243 e. The van der Waals surface area contributed by atoms with Crippen LogP contribution in [-0.4, -0.2) is 44.1 Å². The van der Waals surface area contributed by atoms with Gasteiger partial charge in [-0.1, -0.05) is 32.3 Å². The van der Waals surface area contributed by atoms with Crippen molar-refractivity contribution in [1.82, 2.24) is 25.4 Å². The third-order valence-electron chi connectivity index (χ3n) is 4.14. The number of carbonyl (C=O) groups excluding carboxylic acids is 2. The van der Waals surface area contributed by atoms with Gasteiger partial charge >= 0.3 is 0 Å². The fourth-order valence-corrected chi connectivity index (χ4v) is 2.72. The fourth-order valence-electron chi connectivity index (χ4n) is 2.72. The number of nitrogens with one attached hydrogen (secondary N) is 2. The number of aromatic nitrogens is 3. The van der Waals surface area contributed by atoms with E-state index in [1.54, 1.807) is 19.2 Å². The van der Waals surface area contributed by atoms with Crippen LogP contribution in [0.5, 0.6) is 0 Å². The van der Waals surface area contributed by atoms with E-state index in [2.05, 4.69) is 32.7 Å². The molecule has 0 aliphatic carbocycles. The average Bonchev–Trinajstić information content (AvgIpc) is 2.71. The Morgan fingerprint density at radius 3 is 2.79 bits per heavy atom. The zero-order valence-corrected chi connectivity index (χ0v) is 16.1. The summed E-state index contributed by atoms with van der Waals surface area (Å²) in [5, 5.41) is 9.95. The van der Waals surface area contributed by atoms with E-state index in [1.807, 2.05) is 18.2 Å². The van der Waals surface area contributed by atoms with Gasteiger partial charge in [0.1, 0.15) is 11.6 Å². The van der Waals surface area contributed by atoms with E-state index in [0.717, 1.165) is 19.3 Å². The first-order chi connectivity index (χ1) is 13.5. The fraction of sp³-hybridized carbons (Fsp3) is 0.421. The van der Waals surface area contributed by atoms with Crippen molar-refractivity contribution in [2.75, 3.05) is 12.0 Å². The Labute approximate surface area is 164 Å². The van der Waals surface area contributed by atoms with Crippen molar-refractivity contribution in [1.29, 1.82) is 0 Å². The molecule has 0 aliphatic rings. The van der Waals surface area contributed by atoms with Crippen LogP contribution in [0.25, 0.3) is 11.4 Å². The first kappa shape index (κ1) is 21.2. The Morgan fingerprint density at radius 1 is 1.29 bits per heavy atom. The van der Waals surface area contributed by atoms with Crippen molar-refractivity contribution < 1.29 is 14.8 Å². The van der Waals surface area contributed by atoms with Crippen LogP contribution in [0, 0.1) is 12.8 Å². The maximum absolute atomic E-state index is 12.5. The summed E-state index contributed by atoms with van der Waals surface area (Å²) in [5.74, 6) is 0.0899. The van der Waals surface area contributed by atoms with Gasteiger partial charge in [-0.2, -0.15) is 0 Å². The molecule has 9 heteroatoms. The SMILES string of the molecule is CCCCC[C@H](CN(O)C=O)C(=O)NNc1cc(-c2ccccn2)nc(C)n1. The molecule has 0 unspecified atom stereocenters. The molecule has 1 atom stereocenters.